The molecule has 18 heavy (non-hydrogen) atoms. The van der Waals surface area contributed by atoms with Crippen LogP contribution in [0.15, 0.2) is 18.2 Å². The lowest BCUT2D eigenvalue weighted by atomic mass is 10.00. The van der Waals surface area contributed by atoms with Crippen molar-refractivity contribution in [3.8, 4) is 0 Å². The van der Waals surface area contributed by atoms with Crippen LogP contribution >= 0.6 is 0 Å². The van der Waals surface area contributed by atoms with Gasteiger partial charge in [0.1, 0.15) is 11.6 Å². The van der Waals surface area contributed by atoms with Crippen molar-refractivity contribution in [3.63, 3.8) is 0 Å². The summed E-state index contributed by atoms with van der Waals surface area (Å²) in [6.45, 7) is 7.96. The van der Waals surface area contributed by atoms with Crippen LogP contribution in [0.1, 0.15) is 39.0 Å². The minimum absolute atomic E-state index is 0.156. The number of fused-ring (bicyclic) bond motifs is 1. The molecule has 0 unspecified atom stereocenters. The van der Waals surface area contributed by atoms with Crippen LogP contribution in [0.25, 0.3) is 10.8 Å². The second-order valence-electron chi connectivity index (χ2n) is 3.82. The van der Waals surface area contributed by atoms with E-state index >= 15 is 0 Å². The number of nitrogens with two attached hydrogens (primary N) is 1. The number of anilines is 1. The predicted molar refractivity (Wildman–Crippen MR) is 76.2 cm³/mol. The lowest BCUT2D eigenvalue weighted by Crippen LogP contribution is -2.00. The number of rotatable bonds is 2. The molecule has 0 bridgehead atoms. The summed E-state index contributed by atoms with van der Waals surface area (Å²) in [5, 5.41) is 1.90. The molecule has 0 aliphatic rings. The molecule has 1 heterocycles. The van der Waals surface area contributed by atoms with Gasteiger partial charge in [-0.2, -0.15) is 0 Å². The SMILES string of the molecule is CC.CCc1nc(N)cc2ccc(F)c(CC)c12. The number of pyridine rings is 1. The zero-order valence-corrected chi connectivity index (χ0v) is 11.5. The molecule has 0 saturated carbocycles. The lowest BCUT2D eigenvalue weighted by molar-refractivity contribution is 0.615. The average Bonchev–Trinajstić information content (AvgIpc) is 2.40. The van der Waals surface area contributed by atoms with Crippen LogP contribution in [0.5, 0.6) is 0 Å². The van der Waals surface area contributed by atoms with Crippen LogP contribution in [0.3, 0.4) is 0 Å². The monoisotopic (exact) mass is 248 g/mol. The van der Waals surface area contributed by atoms with Crippen LogP contribution in [-0.2, 0) is 12.8 Å². The number of aromatic nitrogens is 1. The number of benzene rings is 1. The zero-order valence-electron chi connectivity index (χ0n) is 11.5. The summed E-state index contributed by atoms with van der Waals surface area (Å²) in [6, 6.07) is 5.06. The molecule has 0 spiro atoms. The summed E-state index contributed by atoms with van der Waals surface area (Å²) in [5.41, 5.74) is 7.34. The zero-order chi connectivity index (χ0) is 13.7. The molecule has 0 radical (unpaired) electrons. The molecule has 0 fully saturated rings. The second-order valence-corrected chi connectivity index (χ2v) is 3.82. The normalized spacial score (nSPS) is 10.1. The van der Waals surface area contributed by atoms with Gasteiger partial charge in [0.15, 0.2) is 0 Å². The van der Waals surface area contributed by atoms with Crippen LogP contribution in [0.4, 0.5) is 10.2 Å². The summed E-state index contributed by atoms with van der Waals surface area (Å²) in [4.78, 5) is 4.28. The number of hydrogen-bond acceptors (Lipinski definition) is 2. The van der Waals surface area contributed by atoms with E-state index in [0.717, 1.165) is 28.5 Å². The van der Waals surface area contributed by atoms with E-state index in [9.17, 15) is 4.39 Å². The highest BCUT2D eigenvalue weighted by Gasteiger charge is 2.11. The van der Waals surface area contributed by atoms with Crippen LogP contribution in [0.2, 0.25) is 0 Å². The Morgan fingerprint density at radius 2 is 1.83 bits per heavy atom. The molecule has 2 N–H and O–H groups in total. The molecular weight excluding hydrogens is 227 g/mol. The van der Waals surface area contributed by atoms with Crippen LogP contribution < -0.4 is 5.73 Å². The first-order valence-electron chi connectivity index (χ1n) is 6.53. The van der Waals surface area contributed by atoms with Gasteiger partial charge in [-0.25, -0.2) is 9.37 Å². The van der Waals surface area contributed by atoms with Crippen molar-refractivity contribution in [3.05, 3.63) is 35.3 Å². The van der Waals surface area contributed by atoms with Gasteiger partial charge in [0.2, 0.25) is 0 Å². The highest BCUT2D eigenvalue weighted by atomic mass is 19.1. The van der Waals surface area contributed by atoms with Gasteiger partial charge >= 0.3 is 0 Å². The molecule has 0 aliphatic heterocycles. The fraction of sp³-hybridized carbons (Fsp3) is 0.400. The van der Waals surface area contributed by atoms with Gasteiger partial charge in [0.25, 0.3) is 0 Å². The van der Waals surface area contributed by atoms with E-state index < -0.39 is 0 Å². The van der Waals surface area contributed by atoms with Crippen molar-refractivity contribution in [2.24, 2.45) is 0 Å². The smallest absolute Gasteiger partial charge is 0.127 e. The van der Waals surface area contributed by atoms with Gasteiger partial charge in [-0.3, -0.25) is 0 Å². The summed E-state index contributed by atoms with van der Waals surface area (Å²) in [7, 11) is 0. The van der Waals surface area contributed by atoms with E-state index in [1.54, 1.807) is 12.1 Å². The summed E-state index contributed by atoms with van der Waals surface area (Å²) < 4.78 is 13.7. The standard InChI is InChI=1S/C13H15FN2.C2H6/c1-3-9-10(14)6-5-8-7-12(15)16-11(4-2)13(8)9;1-2/h5-7H,3-4H2,1-2H3,(H2,15,16);1-2H3. The number of nitrogen functional groups attached to an aromatic ring is 1. The Labute approximate surface area is 108 Å². The quantitative estimate of drug-likeness (QED) is 0.868. The molecule has 0 saturated heterocycles. The van der Waals surface area contributed by atoms with Crippen molar-refractivity contribution >= 4 is 16.6 Å². The topological polar surface area (TPSA) is 38.9 Å². The van der Waals surface area contributed by atoms with Crippen molar-refractivity contribution in [1.29, 1.82) is 0 Å². The Balaban J connectivity index is 0.000000771. The maximum Gasteiger partial charge on any atom is 0.127 e. The molecule has 2 nitrogen and oxygen atoms in total. The molecule has 3 heteroatoms. The average molecular weight is 248 g/mol. The number of nitrogens with zero attached hydrogens (tertiary/aromatic N) is 1. The fourth-order valence-electron chi connectivity index (χ4n) is 2.11. The second kappa shape index (κ2) is 6.34. The fourth-order valence-corrected chi connectivity index (χ4v) is 2.11. The van der Waals surface area contributed by atoms with Gasteiger partial charge in [-0.05, 0) is 35.9 Å². The first-order valence-corrected chi connectivity index (χ1v) is 6.53. The van der Waals surface area contributed by atoms with Crippen molar-refractivity contribution < 1.29 is 4.39 Å². The van der Waals surface area contributed by atoms with Crippen LogP contribution in [-0.4, -0.2) is 4.98 Å². The van der Waals surface area contributed by atoms with E-state index in [2.05, 4.69) is 4.98 Å². The Kier molecular flexibility index (Phi) is 5.08. The lowest BCUT2D eigenvalue weighted by Gasteiger charge is -2.10. The molecule has 1 aromatic heterocycles. The molecule has 0 atom stereocenters. The van der Waals surface area contributed by atoms with Gasteiger partial charge in [-0.15, -0.1) is 0 Å². The van der Waals surface area contributed by atoms with Gasteiger partial charge in [0.05, 0.1) is 5.69 Å². The van der Waals surface area contributed by atoms with Crippen molar-refractivity contribution in [2.45, 2.75) is 40.5 Å². The molecule has 98 valence electrons. The first-order chi connectivity index (χ1) is 8.67. The van der Waals surface area contributed by atoms with Crippen molar-refractivity contribution in [2.75, 3.05) is 5.73 Å². The maximum absolute atomic E-state index is 13.7. The van der Waals surface area contributed by atoms with E-state index in [4.69, 9.17) is 5.73 Å². The third kappa shape index (κ3) is 2.61. The third-order valence-corrected chi connectivity index (χ3v) is 2.83. The molecule has 1 aromatic carbocycles. The van der Waals surface area contributed by atoms with E-state index in [1.165, 1.54) is 6.07 Å². The molecule has 2 rings (SSSR count). The Hall–Kier alpha value is -1.64. The first kappa shape index (κ1) is 14.4. The summed E-state index contributed by atoms with van der Waals surface area (Å²) in [6.07, 6.45) is 1.43. The molecule has 0 amide bonds. The molecular formula is C15H21FN2. The van der Waals surface area contributed by atoms with E-state index in [-0.39, 0.29) is 5.82 Å². The Morgan fingerprint density at radius 1 is 1.17 bits per heavy atom. The van der Waals surface area contributed by atoms with E-state index in [1.807, 2.05) is 27.7 Å². The highest BCUT2D eigenvalue weighted by Crippen LogP contribution is 2.26. The van der Waals surface area contributed by atoms with Crippen LogP contribution in [0, 0.1) is 5.82 Å². The largest absolute Gasteiger partial charge is 0.384 e. The Morgan fingerprint density at radius 3 is 2.39 bits per heavy atom. The molecule has 2 aromatic rings. The van der Waals surface area contributed by atoms with Crippen molar-refractivity contribution in [1.82, 2.24) is 4.98 Å². The Bertz CT molecular complexity index is 535. The minimum atomic E-state index is -0.156. The highest BCUT2D eigenvalue weighted by molar-refractivity contribution is 5.89. The summed E-state index contributed by atoms with van der Waals surface area (Å²) >= 11 is 0. The van der Waals surface area contributed by atoms with E-state index in [0.29, 0.717) is 12.2 Å². The maximum atomic E-state index is 13.7. The van der Waals surface area contributed by atoms with Gasteiger partial charge in [-0.1, -0.05) is 33.8 Å². The minimum Gasteiger partial charge on any atom is -0.384 e. The number of hydrogen-bond donors (Lipinski definition) is 1. The van der Waals surface area contributed by atoms with Gasteiger partial charge in [0, 0.05) is 5.39 Å². The number of aryl methyl sites for hydroxylation is 2. The number of halogens is 1. The van der Waals surface area contributed by atoms with Gasteiger partial charge < -0.3 is 5.73 Å². The summed E-state index contributed by atoms with van der Waals surface area (Å²) in [5.74, 6) is 0.342. The predicted octanol–water partition coefficient (Wildman–Crippen LogP) is 4.11. The molecule has 0 aliphatic carbocycles. The third-order valence-electron chi connectivity index (χ3n) is 2.83.